The van der Waals surface area contributed by atoms with E-state index in [1.165, 1.54) is 6.92 Å². The van der Waals surface area contributed by atoms with Gasteiger partial charge in [0.1, 0.15) is 30.0 Å². The van der Waals surface area contributed by atoms with Crippen LogP contribution in [0.1, 0.15) is 87.1 Å². The molecule has 2 bridgehead atoms. The third-order valence-electron chi connectivity index (χ3n) is 9.75. The number of nitrogens with zero attached hydrogens (tertiary/aromatic N) is 2. The molecule has 10 nitrogen and oxygen atoms in total. The average molecular weight is 629 g/mol. The van der Waals surface area contributed by atoms with Crippen molar-refractivity contribution in [2.75, 3.05) is 13.2 Å². The number of hydrogen-bond donors (Lipinski definition) is 1. The summed E-state index contributed by atoms with van der Waals surface area (Å²) in [6, 6.07) is 9.71. The van der Waals surface area contributed by atoms with Crippen LogP contribution in [0, 0.1) is 29.6 Å². The first-order valence-corrected chi connectivity index (χ1v) is 16.1. The summed E-state index contributed by atoms with van der Waals surface area (Å²) in [6.07, 6.45) is -0.889. The lowest BCUT2D eigenvalue weighted by atomic mass is 9.70. The topological polar surface area (TPSA) is 133 Å². The Morgan fingerprint density at radius 1 is 1.07 bits per heavy atom. The van der Waals surface area contributed by atoms with Crippen LogP contribution in [0.2, 0.25) is 0 Å². The van der Waals surface area contributed by atoms with E-state index in [4.69, 9.17) is 19.0 Å². The number of fused-ring (bicyclic) bond motifs is 5. The van der Waals surface area contributed by atoms with Crippen LogP contribution >= 0.6 is 0 Å². The third kappa shape index (κ3) is 8.86. The first kappa shape index (κ1) is 36.5. The zero-order valence-corrected chi connectivity index (χ0v) is 28.4. The summed E-state index contributed by atoms with van der Waals surface area (Å²) in [6.45, 7) is 16.4. The maximum atomic E-state index is 13.7. The number of aliphatic hydroxyl groups is 1. The number of aliphatic imine (C=N–C) groups is 1. The highest BCUT2D eigenvalue weighted by atomic mass is 16.6. The molecule has 2 aliphatic heterocycles. The van der Waals surface area contributed by atoms with Crippen molar-refractivity contribution in [2.24, 2.45) is 39.7 Å². The van der Waals surface area contributed by atoms with Gasteiger partial charge in [0.25, 0.3) is 0 Å². The minimum Gasteiger partial charge on any atom is -0.459 e. The van der Waals surface area contributed by atoms with Gasteiger partial charge in [-0.1, -0.05) is 70.1 Å². The quantitative estimate of drug-likeness (QED) is 0.269. The van der Waals surface area contributed by atoms with Crippen molar-refractivity contribution in [3.05, 3.63) is 35.9 Å². The number of carbonyl (C=O) groups is 3. The van der Waals surface area contributed by atoms with Crippen LogP contribution in [-0.2, 0) is 40.0 Å². The number of benzene rings is 1. The molecule has 0 unspecified atom stereocenters. The van der Waals surface area contributed by atoms with Crippen LogP contribution in [-0.4, -0.2) is 70.8 Å². The lowest BCUT2D eigenvalue weighted by molar-refractivity contribution is -0.195. The second-order valence-corrected chi connectivity index (χ2v) is 13.3. The number of esters is 1. The Hall–Kier alpha value is -2.95. The summed E-state index contributed by atoms with van der Waals surface area (Å²) in [5, 5.41) is 16.6. The molecule has 1 aromatic rings. The Kier molecular flexibility index (Phi) is 12.6. The molecule has 2 saturated heterocycles. The average Bonchev–Trinajstić information content (AvgIpc) is 3.00. The fourth-order valence-electron chi connectivity index (χ4n) is 6.70. The van der Waals surface area contributed by atoms with Crippen molar-refractivity contribution in [1.29, 1.82) is 0 Å². The van der Waals surface area contributed by atoms with Crippen LogP contribution in [0.15, 0.2) is 40.5 Å². The highest BCUT2D eigenvalue weighted by molar-refractivity contribution is 6.00. The molecule has 2 fully saturated rings. The molecule has 0 spiro atoms. The molecule has 250 valence electrons. The number of Topliss-reactive ketones (excluding diaryl/α,β-unsaturated/α-hetero) is 1. The van der Waals surface area contributed by atoms with E-state index in [9.17, 15) is 19.5 Å². The Morgan fingerprint density at radius 3 is 2.36 bits per heavy atom. The highest BCUT2D eigenvalue weighted by Crippen LogP contribution is 2.39. The van der Waals surface area contributed by atoms with E-state index in [2.05, 4.69) is 10.1 Å². The smallest absolute Gasteiger partial charge is 0.316 e. The number of carbonyl (C=O) groups excluding carboxylic acids is 3. The van der Waals surface area contributed by atoms with Gasteiger partial charge in [0, 0.05) is 30.9 Å². The number of rotatable bonds is 4. The third-order valence-corrected chi connectivity index (χ3v) is 9.75. The van der Waals surface area contributed by atoms with Gasteiger partial charge in [-0.15, -0.1) is 0 Å². The molecule has 0 aromatic heterocycles. The molecule has 45 heavy (non-hydrogen) atoms. The number of ether oxygens (including phenoxy) is 3. The fraction of sp³-hybridized carbons (Fsp3) is 0.686. The molecule has 1 N–H and O–H groups in total. The molecule has 10 heteroatoms. The van der Waals surface area contributed by atoms with Gasteiger partial charge < -0.3 is 24.2 Å². The number of oxime groups is 1. The van der Waals surface area contributed by atoms with Gasteiger partial charge in [-0.05, 0) is 51.0 Å². The van der Waals surface area contributed by atoms with E-state index in [1.807, 2.05) is 58.0 Å². The molecule has 2 heterocycles. The Morgan fingerprint density at radius 2 is 1.73 bits per heavy atom. The van der Waals surface area contributed by atoms with Crippen LogP contribution in [0.25, 0.3) is 0 Å². The lowest BCUT2D eigenvalue weighted by Gasteiger charge is -2.45. The van der Waals surface area contributed by atoms with Gasteiger partial charge in [0.15, 0.2) is 0 Å². The van der Waals surface area contributed by atoms with E-state index in [0.717, 1.165) is 5.56 Å². The first-order chi connectivity index (χ1) is 21.1. The minimum atomic E-state index is -1.70. The second kappa shape index (κ2) is 15.6. The van der Waals surface area contributed by atoms with Crippen molar-refractivity contribution < 1.29 is 38.5 Å². The molecule has 0 radical (unpaired) electrons. The van der Waals surface area contributed by atoms with Gasteiger partial charge in [-0.25, -0.2) is 4.99 Å². The lowest BCUT2D eigenvalue weighted by Crippen LogP contribution is -2.58. The molecule has 3 rings (SSSR count). The SMILES string of the molecule is CC[C@H]1OC(=O)[C@H](C)C(=O)[C@H](C)[C@@H](C)[C@@]2(C)C[C@@H](C)/C(=N\C(C)=O)[C@H](C)[C@@H](OCC/C(=N\OCc3ccccc3)CO2)[C@]1(C)O. The predicted octanol–water partition coefficient (Wildman–Crippen LogP) is 5.34. The molecule has 9 atom stereocenters. The number of amides is 1. The van der Waals surface area contributed by atoms with Crippen molar-refractivity contribution in [1.82, 2.24) is 0 Å². The van der Waals surface area contributed by atoms with Gasteiger partial charge in [0.2, 0.25) is 5.91 Å². The maximum absolute atomic E-state index is 13.7. The molecule has 0 saturated carbocycles. The van der Waals surface area contributed by atoms with E-state index in [-0.39, 0.29) is 49.8 Å². The normalized spacial score (nSPS) is 37.6. The molecule has 1 aromatic carbocycles. The summed E-state index contributed by atoms with van der Waals surface area (Å²) in [4.78, 5) is 49.7. The number of ketones is 1. The Bertz CT molecular complexity index is 1250. The molecule has 1 amide bonds. The monoisotopic (exact) mass is 628 g/mol. The summed E-state index contributed by atoms with van der Waals surface area (Å²) in [5.41, 5.74) is -0.459. The zero-order valence-electron chi connectivity index (χ0n) is 28.4. The Labute approximate surface area is 267 Å². The molecular weight excluding hydrogens is 576 g/mol. The molecule has 2 aliphatic rings. The van der Waals surface area contributed by atoms with Gasteiger partial charge in [-0.2, -0.15) is 0 Å². The van der Waals surface area contributed by atoms with E-state index in [0.29, 0.717) is 24.3 Å². The molecule has 0 aliphatic carbocycles. The summed E-state index contributed by atoms with van der Waals surface area (Å²) >= 11 is 0. The van der Waals surface area contributed by atoms with E-state index < -0.39 is 47.1 Å². The van der Waals surface area contributed by atoms with Crippen molar-refractivity contribution in [2.45, 2.75) is 112 Å². The highest BCUT2D eigenvalue weighted by Gasteiger charge is 2.50. The zero-order chi connectivity index (χ0) is 33.5. The first-order valence-electron chi connectivity index (χ1n) is 16.1. The molecular formula is C35H52N2O8. The van der Waals surface area contributed by atoms with Crippen molar-refractivity contribution in [3.63, 3.8) is 0 Å². The van der Waals surface area contributed by atoms with Gasteiger partial charge in [-0.3, -0.25) is 14.4 Å². The summed E-state index contributed by atoms with van der Waals surface area (Å²) in [5.74, 6) is -4.12. The van der Waals surface area contributed by atoms with Crippen LogP contribution < -0.4 is 0 Å². The largest absolute Gasteiger partial charge is 0.459 e. The summed E-state index contributed by atoms with van der Waals surface area (Å²) < 4.78 is 19.0. The van der Waals surface area contributed by atoms with E-state index >= 15 is 0 Å². The Balaban J connectivity index is 2.18. The predicted molar refractivity (Wildman–Crippen MR) is 172 cm³/mol. The minimum absolute atomic E-state index is 0.109. The fourth-order valence-corrected chi connectivity index (χ4v) is 6.70. The number of cyclic esters (lactones) is 1. The van der Waals surface area contributed by atoms with Gasteiger partial charge >= 0.3 is 5.97 Å². The van der Waals surface area contributed by atoms with Crippen LogP contribution in [0.5, 0.6) is 0 Å². The van der Waals surface area contributed by atoms with Crippen LogP contribution in [0.3, 0.4) is 0 Å². The summed E-state index contributed by atoms with van der Waals surface area (Å²) in [7, 11) is 0. The van der Waals surface area contributed by atoms with Gasteiger partial charge in [0.05, 0.1) is 30.6 Å². The van der Waals surface area contributed by atoms with E-state index in [1.54, 1.807) is 27.7 Å². The number of hydrogen-bond acceptors (Lipinski definition) is 9. The maximum Gasteiger partial charge on any atom is 0.316 e. The van der Waals surface area contributed by atoms with Crippen molar-refractivity contribution in [3.8, 4) is 0 Å². The second-order valence-electron chi connectivity index (χ2n) is 13.3. The standard InChI is InChI=1S/C35H52N2O8/c1-10-29-35(9,41)32-23(4)30(36-26(7)38)21(2)18-34(8,25(6)22(3)31(39)24(5)33(40)45-29)43-20-28(16-17-42-32)37-44-19-27-14-12-11-13-15-27/h11-15,21-25,29,32,41H,10,16-20H2,1-9H3/b36-30+,37-28+/t21-,22-,23+,24-,25-,29-,32-,34-,35-/m1/s1. The van der Waals surface area contributed by atoms with Crippen LogP contribution in [0.4, 0.5) is 0 Å². The van der Waals surface area contributed by atoms with Crippen molar-refractivity contribution >= 4 is 29.1 Å².